The van der Waals surface area contributed by atoms with E-state index in [0.29, 0.717) is 23.5 Å². The van der Waals surface area contributed by atoms with Crippen LogP contribution in [0.3, 0.4) is 0 Å². The fraction of sp³-hybridized carbons (Fsp3) is 0.320. The predicted molar refractivity (Wildman–Crippen MR) is 140 cm³/mol. The highest BCUT2D eigenvalue weighted by atomic mass is 35.5. The summed E-state index contributed by atoms with van der Waals surface area (Å²) in [5.41, 5.74) is 3.75. The molecule has 6 rings (SSSR count). The van der Waals surface area contributed by atoms with Crippen LogP contribution < -0.4 is 15.4 Å². The Kier molecular flexibility index (Phi) is 6.59. The number of amides is 1. The maximum absolute atomic E-state index is 12.4. The Morgan fingerprint density at radius 1 is 1.06 bits per heavy atom. The zero-order valence-corrected chi connectivity index (χ0v) is 21.5. The maximum Gasteiger partial charge on any atom is 0.242 e. The number of carbonyl (C=O) groups is 1. The van der Waals surface area contributed by atoms with Crippen LogP contribution in [0.25, 0.3) is 0 Å². The molecule has 0 saturated carbocycles. The second-order valence-electron chi connectivity index (χ2n) is 9.08. The molecule has 1 aliphatic carbocycles. The lowest BCUT2D eigenvalue weighted by Gasteiger charge is -2.26. The highest BCUT2D eigenvalue weighted by Gasteiger charge is 2.35. The van der Waals surface area contributed by atoms with E-state index in [2.05, 4.69) is 37.5 Å². The van der Waals surface area contributed by atoms with Gasteiger partial charge in [0.25, 0.3) is 0 Å². The molecule has 3 heterocycles. The lowest BCUT2D eigenvalue weighted by molar-refractivity contribution is -0.129. The van der Waals surface area contributed by atoms with Gasteiger partial charge in [-0.2, -0.15) is 4.98 Å². The molecule has 36 heavy (non-hydrogen) atoms. The molecule has 188 valence electrons. The van der Waals surface area contributed by atoms with Crippen molar-refractivity contribution in [2.75, 3.05) is 30.8 Å². The zero-order chi connectivity index (χ0) is 25.4. The molecule has 3 aromatic rings. The second-order valence-corrected chi connectivity index (χ2v) is 11.3. The van der Waals surface area contributed by atoms with Gasteiger partial charge in [-0.3, -0.25) is 4.79 Å². The fourth-order valence-corrected chi connectivity index (χ4v) is 6.04. The third-order valence-corrected chi connectivity index (χ3v) is 8.60. The highest BCUT2D eigenvalue weighted by Crippen LogP contribution is 2.44. The summed E-state index contributed by atoms with van der Waals surface area (Å²) in [6, 6.07) is 12.8. The molecule has 1 aromatic heterocycles. The Balaban J connectivity index is 1.41. The number of hydrogen-bond donors (Lipinski definition) is 3. The van der Waals surface area contributed by atoms with Crippen LogP contribution in [0.2, 0.25) is 5.02 Å². The molecule has 2 unspecified atom stereocenters. The Morgan fingerprint density at radius 3 is 2.50 bits per heavy atom. The fourth-order valence-electron chi connectivity index (χ4n) is 5.02. The third-order valence-electron chi connectivity index (χ3n) is 6.86. The molecule has 11 heteroatoms. The van der Waals surface area contributed by atoms with Crippen molar-refractivity contribution in [3.8, 4) is 0 Å². The summed E-state index contributed by atoms with van der Waals surface area (Å²) in [4.78, 5) is 22.9. The number of hydrogen-bond acceptors (Lipinski definition) is 7. The largest absolute Gasteiger partial charge is 0.342 e. The Hall–Kier alpha value is -3.21. The quantitative estimate of drug-likeness (QED) is 0.437. The number of benzene rings is 2. The van der Waals surface area contributed by atoms with Gasteiger partial charge in [0.1, 0.15) is 9.92 Å². The van der Waals surface area contributed by atoms with Crippen molar-refractivity contribution in [1.82, 2.24) is 19.6 Å². The van der Waals surface area contributed by atoms with Gasteiger partial charge in [-0.05, 0) is 55.3 Å². The monoisotopic (exact) mass is 526 g/mol. The summed E-state index contributed by atoms with van der Waals surface area (Å²) >= 11 is 6.33. The number of nitrogens with zero attached hydrogens (tertiary/aromatic N) is 3. The summed E-state index contributed by atoms with van der Waals surface area (Å²) in [6.07, 6.45) is 3.62. The molecule has 9 nitrogen and oxygen atoms in total. The van der Waals surface area contributed by atoms with Crippen LogP contribution in [-0.4, -0.2) is 49.3 Å². The molecule has 1 amide bonds. The van der Waals surface area contributed by atoms with Crippen LogP contribution in [0.5, 0.6) is 0 Å². The van der Waals surface area contributed by atoms with E-state index in [9.17, 15) is 13.2 Å². The third kappa shape index (κ3) is 4.76. The minimum atomic E-state index is -3.69. The van der Waals surface area contributed by atoms with E-state index in [-0.39, 0.29) is 21.6 Å². The molecule has 3 N–H and O–H groups in total. The number of carbonyl (C=O) groups excluding carboxylic acids is 1. The van der Waals surface area contributed by atoms with Crippen molar-refractivity contribution < 1.29 is 13.2 Å². The maximum atomic E-state index is 12.4. The summed E-state index contributed by atoms with van der Waals surface area (Å²) in [7, 11) is -2.33. The zero-order valence-electron chi connectivity index (χ0n) is 20.0. The van der Waals surface area contributed by atoms with Crippen molar-refractivity contribution in [3.63, 3.8) is 0 Å². The number of aromatic nitrogens is 2. The first-order valence-corrected chi connectivity index (χ1v) is 13.6. The van der Waals surface area contributed by atoms with E-state index in [4.69, 9.17) is 11.6 Å². The summed E-state index contributed by atoms with van der Waals surface area (Å²) in [5, 5.41) is 6.52. The Labute approximate surface area is 215 Å². The Bertz CT molecular complexity index is 1430. The van der Waals surface area contributed by atoms with E-state index in [1.54, 1.807) is 25.1 Å². The van der Waals surface area contributed by atoms with Crippen LogP contribution in [0, 0.1) is 0 Å². The van der Waals surface area contributed by atoms with Gasteiger partial charge in [0, 0.05) is 37.5 Å². The van der Waals surface area contributed by atoms with Crippen LogP contribution >= 0.6 is 11.6 Å². The van der Waals surface area contributed by atoms with Gasteiger partial charge >= 0.3 is 0 Å². The smallest absolute Gasteiger partial charge is 0.242 e. The van der Waals surface area contributed by atoms with Crippen molar-refractivity contribution >= 4 is 50.7 Å². The summed E-state index contributed by atoms with van der Waals surface area (Å²) in [5.74, 6) is 1.38. The molecule has 0 spiro atoms. The molecule has 0 radical (unpaired) electrons. The first-order valence-electron chi connectivity index (χ1n) is 11.7. The van der Waals surface area contributed by atoms with Crippen LogP contribution in [0.15, 0.2) is 53.6 Å². The highest BCUT2D eigenvalue weighted by molar-refractivity contribution is 7.89. The first-order chi connectivity index (χ1) is 17.2. The van der Waals surface area contributed by atoms with Gasteiger partial charge in [-0.15, -0.1) is 0 Å². The number of nitrogens with one attached hydrogen (secondary N) is 3. The number of rotatable bonds is 6. The molecule has 1 saturated heterocycles. The molecule has 2 aliphatic heterocycles. The minimum absolute atomic E-state index is 0.0806. The molecular formula is C25H27ClN6O3S. The van der Waals surface area contributed by atoms with Crippen LogP contribution in [-0.2, 0) is 14.8 Å². The molecule has 1 fully saturated rings. The van der Waals surface area contributed by atoms with Gasteiger partial charge < -0.3 is 15.5 Å². The van der Waals surface area contributed by atoms with E-state index in [1.807, 2.05) is 11.0 Å². The molecule has 3 aliphatic rings. The average Bonchev–Trinajstić information content (AvgIpc) is 3.18. The van der Waals surface area contributed by atoms with E-state index >= 15 is 0 Å². The SMILES string of the molecule is CNS(=O)(=O)c1ccccc1Nc1nc(Nc2ccc3c(c2)C2CCC3CN(C(C)=O)C2)ncc1Cl. The van der Waals surface area contributed by atoms with Crippen molar-refractivity contribution in [1.29, 1.82) is 0 Å². The minimum Gasteiger partial charge on any atom is -0.342 e. The molecule has 2 atom stereocenters. The molecule has 2 bridgehead atoms. The molecule has 2 aromatic carbocycles. The number of sulfonamides is 1. The summed E-state index contributed by atoms with van der Waals surface area (Å²) in [6.45, 7) is 3.15. The second kappa shape index (κ2) is 9.68. The van der Waals surface area contributed by atoms with Crippen molar-refractivity contribution in [2.24, 2.45) is 0 Å². The van der Waals surface area contributed by atoms with E-state index < -0.39 is 10.0 Å². The van der Waals surface area contributed by atoms with Crippen molar-refractivity contribution in [2.45, 2.75) is 36.5 Å². The summed E-state index contributed by atoms with van der Waals surface area (Å²) < 4.78 is 27.1. The van der Waals surface area contributed by atoms with Gasteiger partial charge in [0.2, 0.25) is 21.9 Å². The standard InChI is InChI=1S/C25H27ClN6O3S/c1-15(33)32-13-16-7-8-17(14-32)20-11-18(9-10-19(16)20)29-25-28-12-21(26)24(31-25)30-22-5-3-4-6-23(22)36(34,35)27-2/h3-6,9-12,16-17,27H,7-8,13-14H2,1-2H3,(H2,28,29,30,31). The van der Waals surface area contributed by atoms with E-state index in [0.717, 1.165) is 31.6 Å². The molecular weight excluding hydrogens is 500 g/mol. The average molecular weight is 527 g/mol. The van der Waals surface area contributed by atoms with Crippen LogP contribution in [0.1, 0.15) is 42.7 Å². The van der Waals surface area contributed by atoms with Gasteiger partial charge in [0.05, 0.1) is 11.9 Å². The predicted octanol–water partition coefficient (Wildman–Crippen LogP) is 4.35. The van der Waals surface area contributed by atoms with E-state index in [1.165, 1.54) is 30.4 Å². The number of halogens is 1. The normalized spacial score (nSPS) is 18.9. The van der Waals surface area contributed by atoms with Crippen LogP contribution in [0.4, 0.5) is 23.1 Å². The number of fused-ring (bicyclic) bond motifs is 3. The topological polar surface area (TPSA) is 116 Å². The lowest BCUT2D eigenvalue weighted by atomic mass is 9.78. The van der Waals surface area contributed by atoms with Gasteiger partial charge in [0.15, 0.2) is 5.82 Å². The van der Waals surface area contributed by atoms with Crippen molar-refractivity contribution in [3.05, 3.63) is 64.8 Å². The van der Waals surface area contributed by atoms with Gasteiger partial charge in [-0.1, -0.05) is 29.8 Å². The number of para-hydroxylation sites is 1. The lowest BCUT2D eigenvalue weighted by Crippen LogP contribution is -2.31. The Morgan fingerprint density at radius 2 is 1.78 bits per heavy atom. The number of anilines is 4. The van der Waals surface area contributed by atoms with Gasteiger partial charge in [-0.25, -0.2) is 18.1 Å². The first kappa shape index (κ1) is 24.5.